The molecular formula is C11H15ClN2OS. The van der Waals surface area contributed by atoms with Crippen molar-refractivity contribution in [1.82, 2.24) is 4.98 Å². The van der Waals surface area contributed by atoms with Gasteiger partial charge in [0, 0.05) is 10.9 Å². The molecule has 0 bridgehead atoms. The second-order valence-corrected chi connectivity index (χ2v) is 6.49. The highest BCUT2D eigenvalue weighted by Gasteiger charge is 2.14. The number of rotatable bonds is 3. The highest BCUT2D eigenvalue weighted by Crippen LogP contribution is 2.23. The summed E-state index contributed by atoms with van der Waals surface area (Å²) in [6.07, 6.45) is 1.60. The summed E-state index contributed by atoms with van der Waals surface area (Å²) in [6, 6.07) is 3.42. The molecule has 1 aromatic heterocycles. The second kappa shape index (κ2) is 5.55. The Bertz CT molecular complexity index is 376. The van der Waals surface area contributed by atoms with Crippen LogP contribution in [0.3, 0.4) is 0 Å². The summed E-state index contributed by atoms with van der Waals surface area (Å²) < 4.78 is 0.0747. The van der Waals surface area contributed by atoms with Gasteiger partial charge < -0.3 is 5.32 Å². The molecule has 0 aromatic carbocycles. The Morgan fingerprint density at radius 1 is 1.56 bits per heavy atom. The Kier molecular flexibility index (Phi) is 4.62. The molecular weight excluding hydrogens is 244 g/mol. The van der Waals surface area contributed by atoms with Gasteiger partial charge in [-0.05, 0) is 12.1 Å². The van der Waals surface area contributed by atoms with Gasteiger partial charge in [-0.1, -0.05) is 32.4 Å². The zero-order valence-corrected chi connectivity index (χ0v) is 11.2. The van der Waals surface area contributed by atoms with Crippen LogP contribution < -0.4 is 5.32 Å². The van der Waals surface area contributed by atoms with E-state index in [0.29, 0.717) is 16.6 Å². The number of hydrogen-bond acceptors (Lipinski definition) is 3. The van der Waals surface area contributed by atoms with Gasteiger partial charge in [-0.2, -0.15) is 0 Å². The minimum Gasteiger partial charge on any atom is -0.309 e. The van der Waals surface area contributed by atoms with E-state index in [0.717, 1.165) is 0 Å². The van der Waals surface area contributed by atoms with Crippen molar-refractivity contribution in [3.8, 4) is 0 Å². The van der Waals surface area contributed by atoms with E-state index in [2.05, 4.69) is 31.1 Å². The van der Waals surface area contributed by atoms with E-state index in [1.807, 2.05) is 0 Å². The number of carbonyl (C=O) groups is 1. The summed E-state index contributed by atoms with van der Waals surface area (Å²) in [5, 5.41) is 3.14. The Morgan fingerprint density at radius 2 is 2.25 bits per heavy atom. The van der Waals surface area contributed by atoms with E-state index >= 15 is 0 Å². The molecule has 0 aliphatic rings. The molecule has 0 saturated carbocycles. The maximum Gasteiger partial charge on any atom is 0.235 e. The van der Waals surface area contributed by atoms with E-state index < -0.39 is 0 Å². The average Bonchev–Trinajstić information content (AvgIpc) is 2.18. The molecule has 5 heteroatoms. The molecule has 0 fully saturated rings. The van der Waals surface area contributed by atoms with Gasteiger partial charge in [-0.3, -0.25) is 4.79 Å². The molecule has 1 N–H and O–H groups in total. The van der Waals surface area contributed by atoms with E-state index in [-0.39, 0.29) is 10.7 Å². The van der Waals surface area contributed by atoms with E-state index in [1.54, 1.807) is 30.1 Å². The number of amides is 1. The highest BCUT2D eigenvalue weighted by molar-refractivity contribution is 8.01. The van der Waals surface area contributed by atoms with Crippen LogP contribution in [0, 0.1) is 0 Å². The third-order valence-electron chi connectivity index (χ3n) is 1.65. The predicted molar refractivity (Wildman–Crippen MR) is 70.1 cm³/mol. The fourth-order valence-corrected chi connectivity index (χ4v) is 1.73. The number of halogens is 1. The van der Waals surface area contributed by atoms with Crippen LogP contribution in [0.25, 0.3) is 0 Å². The van der Waals surface area contributed by atoms with Gasteiger partial charge >= 0.3 is 0 Å². The number of pyridine rings is 1. The van der Waals surface area contributed by atoms with Gasteiger partial charge in [0.05, 0.1) is 10.8 Å². The Morgan fingerprint density at radius 3 is 2.81 bits per heavy atom. The normalized spacial score (nSPS) is 11.2. The van der Waals surface area contributed by atoms with Crippen molar-refractivity contribution in [1.29, 1.82) is 0 Å². The zero-order valence-electron chi connectivity index (χ0n) is 9.58. The number of carbonyl (C=O) groups excluding carboxylic acids is 1. The van der Waals surface area contributed by atoms with Crippen molar-refractivity contribution in [3.63, 3.8) is 0 Å². The standard InChI is InChI=1S/C11H15ClN2OS/c1-11(2,3)16-7-9(15)14-10-8(12)5-4-6-13-10/h4-6H,7H2,1-3H3,(H,13,14,15). The summed E-state index contributed by atoms with van der Waals surface area (Å²) >= 11 is 7.46. The van der Waals surface area contributed by atoms with Crippen molar-refractivity contribution >= 4 is 35.1 Å². The first-order valence-electron chi connectivity index (χ1n) is 4.93. The van der Waals surface area contributed by atoms with Gasteiger partial charge in [0.1, 0.15) is 0 Å². The lowest BCUT2D eigenvalue weighted by atomic mass is 10.3. The summed E-state index contributed by atoms with van der Waals surface area (Å²) in [6.45, 7) is 6.20. The van der Waals surface area contributed by atoms with E-state index in [9.17, 15) is 4.79 Å². The molecule has 0 aliphatic carbocycles. The minimum absolute atomic E-state index is 0.0747. The topological polar surface area (TPSA) is 42.0 Å². The number of nitrogens with one attached hydrogen (secondary N) is 1. The molecule has 88 valence electrons. The van der Waals surface area contributed by atoms with Crippen molar-refractivity contribution in [2.75, 3.05) is 11.1 Å². The molecule has 0 aliphatic heterocycles. The van der Waals surface area contributed by atoms with Crippen molar-refractivity contribution < 1.29 is 4.79 Å². The summed E-state index contributed by atoms with van der Waals surface area (Å²) in [7, 11) is 0. The Balaban J connectivity index is 2.50. The lowest BCUT2D eigenvalue weighted by Crippen LogP contribution is -2.19. The number of aromatic nitrogens is 1. The van der Waals surface area contributed by atoms with Crippen LogP contribution in [0.1, 0.15) is 20.8 Å². The van der Waals surface area contributed by atoms with Gasteiger partial charge in [0.25, 0.3) is 0 Å². The van der Waals surface area contributed by atoms with Crippen molar-refractivity contribution in [3.05, 3.63) is 23.4 Å². The number of hydrogen-bond donors (Lipinski definition) is 1. The predicted octanol–water partition coefficient (Wildman–Crippen LogP) is 3.21. The fourth-order valence-electron chi connectivity index (χ4n) is 0.928. The SMILES string of the molecule is CC(C)(C)SCC(=O)Nc1ncccc1Cl. The molecule has 0 atom stereocenters. The number of thioether (sulfide) groups is 1. The van der Waals surface area contributed by atoms with E-state index in [1.165, 1.54) is 0 Å². The number of anilines is 1. The third kappa shape index (κ3) is 4.86. The molecule has 0 unspecified atom stereocenters. The van der Waals surface area contributed by atoms with Crippen LogP contribution in [0.4, 0.5) is 5.82 Å². The number of nitrogens with zero attached hydrogens (tertiary/aromatic N) is 1. The van der Waals surface area contributed by atoms with E-state index in [4.69, 9.17) is 11.6 Å². The molecule has 3 nitrogen and oxygen atoms in total. The average molecular weight is 259 g/mol. The first kappa shape index (κ1) is 13.3. The van der Waals surface area contributed by atoms with Crippen LogP contribution in [-0.4, -0.2) is 21.4 Å². The molecule has 0 saturated heterocycles. The molecule has 0 spiro atoms. The van der Waals surface area contributed by atoms with Gasteiger partial charge in [-0.15, -0.1) is 11.8 Å². The first-order valence-corrected chi connectivity index (χ1v) is 6.29. The van der Waals surface area contributed by atoms with Gasteiger partial charge in [0.2, 0.25) is 5.91 Å². The zero-order chi connectivity index (χ0) is 12.2. The van der Waals surface area contributed by atoms with Gasteiger partial charge in [0.15, 0.2) is 5.82 Å². The largest absolute Gasteiger partial charge is 0.309 e. The summed E-state index contributed by atoms with van der Waals surface area (Å²) in [4.78, 5) is 15.6. The van der Waals surface area contributed by atoms with Gasteiger partial charge in [-0.25, -0.2) is 4.98 Å². The molecule has 1 heterocycles. The lowest BCUT2D eigenvalue weighted by Gasteiger charge is -2.16. The lowest BCUT2D eigenvalue weighted by molar-refractivity contribution is -0.113. The van der Waals surface area contributed by atoms with Crippen LogP contribution in [0.2, 0.25) is 5.02 Å². The third-order valence-corrected chi connectivity index (χ3v) is 3.23. The maximum atomic E-state index is 11.6. The highest BCUT2D eigenvalue weighted by atomic mass is 35.5. The Hall–Kier alpha value is -0.740. The molecule has 1 amide bonds. The van der Waals surface area contributed by atoms with Crippen LogP contribution in [0.15, 0.2) is 18.3 Å². The first-order chi connectivity index (χ1) is 7.38. The minimum atomic E-state index is -0.0828. The van der Waals surface area contributed by atoms with Crippen molar-refractivity contribution in [2.45, 2.75) is 25.5 Å². The maximum absolute atomic E-state index is 11.6. The van der Waals surface area contributed by atoms with Crippen LogP contribution >= 0.6 is 23.4 Å². The molecule has 1 rings (SSSR count). The fraction of sp³-hybridized carbons (Fsp3) is 0.455. The molecule has 16 heavy (non-hydrogen) atoms. The Labute approximate surface area is 105 Å². The molecule has 1 aromatic rings. The monoisotopic (exact) mass is 258 g/mol. The quantitative estimate of drug-likeness (QED) is 0.905. The summed E-state index contributed by atoms with van der Waals surface area (Å²) in [5.74, 6) is 0.736. The van der Waals surface area contributed by atoms with Crippen molar-refractivity contribution in [2.24, 2.45) is 0 Å². The molecule has 0 radical (unpaired) electrons. The van der Waals surface area contributed by atoms with Crippen LogP contribution in [-0.2, 0) is 4.79 Å². The summed E-state index contributed by atoms with van der Waals surface area (Å²) in [5.41, 5.74) is 0. The second-order valence-electron chi connectivity index (χ2n) is 4.28. The smallest absolute Gasteiger partial charge is 0.235 e. The van der Waals surface area contributed by atoms with Crippen LogP contribution in [0.5, 0.6) is 0 Å².